The summed E-state index contributed by atoms with van der Waals surface area (Å²) in [5.41, 5.74) is 0.987. The largest absolute Gasteiger partial charge is 0.494 e. The molecule has 0 heterocycles. The summed E-state index contributed by atoms with van der Waals surface area (Å²) < 4.78 is 21.3. The molecule has 0 radical (unpaired) electrons. The zero-order valence-corrected chi connectivity index (χ0v) is 18.3. The van der Waals surface area contributed by atoms with Gasteiger partial charge in [-0.1, -0.05) is 12.1 Å². The topological polar surface area (TPSA) is 107 Å². The maximum Gasteiger partial charge on any atom is 0.344 e. The summed E-state index contributed by atoms with van der Waals surface area (Å²) in [4.78, 5) is 24.1. The maximum absolute atomic E-state index is 12.6. The number of nitriles is 1. The van der Waals surface area contributed by atoms with E-state index in [0.717, 1.165) is 0 Å². The fourth-order valence-electron chi connectivity index (χ4n) is 2.69. The van der Waals surface area contributed by atoms with Gasteiger partial charge in [-0.25, -0.2) is 4.79 Å². The predicted molar refractivity (Wildman–Crippen MR) is 120 cm³/mol. The van der Waals surface area contributed by atoms with Crippen LogP contribution in [-0.4, -0.2) is 38.3 Å². The minimum Gasteiger partial charge on any atom is -0.494 e. The molecule has 2 aromatic carbocycles. The number of carbonyl (C=O) groups excluding carboxylic acids is 2. The molecule has 32 heavy (non-hydrogen) atoms. The zero-order chi connectivity index (χ0) is 23.3. The molecule has 0 fully saturated rings. The van der Waals surface area contributed by atoms with Crippen molar-refractivity contribution < 1.29 is 28.5 Å². The Bertz CT molecular complexity index is 1010. The molecular formula is C24H26N2O6. The molecule has 0 aromatic heterocycles. The summed E-state index contributed by atoms with van der Waals surface area (Å²) in [6, 6.07) is 13.7. The number of esters is 1. The average Bonchev–Trinajstić information content (AvgIpc) is 2.77. The molecule has 0 aliphatic carbocycles. The van der Waals surface area contributed by atoms with Crippen LogP contribution in [-0.2, 0) is 14.3 Å². The van der Waals surface area contributed by atoms with Gasteiger partial charge in [0.05, 0.1) is 19.8 Å². The van der Waals surface area contributed by atoms with Crippen LogP contribution in [0.15, 0.2) is 48.0 Å². The summed E-state index contributed by atoms with van der Waals surface area (Å²) in [6.07, 6.45) is 1.44. The summed E-state index contributed by atoms with van der Waals surface area (Å²) in [6.45, 7) is 6.26. The molecule has 1 N–H and O–H groups in total. The Morgan fingerprint density at radius 3 is 2.44 bits per heavy atom. The number of anilines is 1. The van der Waals surface area contributed by atoms with E-state index in [-0.39, 0.29) is 18.8 Å². The van der Waals surface area contributed by atoms with E-state index in [9.17, 15) is 14.9 Å². The Labute approximate surface area is 187 Å². The van der Waals surface area contributed by atoms with Crippen LogP contribution in [0.25, 0.3) is 6.08 Å². The van der Waals surface area contributed by atoms with Crippen LogP contribution in [0, 0.1) is 11.3 Å². The van der Waals surface area contributed by atoms with E-state index < -0.39 is 11.9 Å². The summed E-state index contributed by atoms with van der Waals surface area (Å²) >= 11 is 0. The van der Waals surface area contributed by atoms with Gasteiger partial charge in [0.2, 0.25) is 0 Å². The lowest BCUT2D eigenvalue weighted by Crippen LogP contribution is -2.15. The van der Waals surface area contributed by atoms with Gasteiger partial charge in [-0.3, -0.25) is 4.79 Å². The van der Waals surface area contributed by atoms with E-state index in [1.165, 1.54) is 6.08 Å². The van der Waals surface area contributed by atoms with Crippen molar-refractivity contribution in [3.8, 4) is 23.3 Å². The number of nitrogens with one attached hydrogen (secondary N) is 1. The number of hydrogen-bond donors (Lipinski definition) is 1. The Morgan fingerprint density at radius 2 is 1.75 bits per heavy atom. The van der Waals surface area contributed by atoms with Crippen LogP contribution in [0.1, 0.15) is 26.3 Å². The minimum atomic E-state index is -0.554. The molecule has 0 aliphatic rings. The molecule has 2 aromatic rings. The van der Waals surface area contributed by atoms with Crippen LogP contribution < -0.4 is 19.5 Å². The second-order valence-corrected chi connectivity index (χ2v) is 6.32. The molecule has 2 rings (SSSR count). The first-order valence-corrected chi connectivity index (χ1v) is 10.2. The van der Waals surface area contributed by atoms with Gasteiger partial charge in [-0.2, -0.15) is 5.26 Å². The van der Waals surface area contributed by atoms with E-state index in [1.54, 1.807) is 49.4 Å². The fraction of sp³-hybridized carbons (Fsp3) is 0.292. The van der Waals surface area contributed by atoms with Crippen molar-refractivity contribution in [1.82, 2.24) is 0 Å². The Hall–Kier alpha value is -3.99. The second kappa shape index (κ2) is 12.6. The molecule has 8 nitrogen and oxygen atoms in total. The first-order valence-electron chi connectivity index (χ1n) is 10.2. The van der Waals surface area contributed by atoms with Gasteiger partial charge in [0, 0.05) is 11.8 Å². The van der Waals surface area contributed by atoms with E-state index in [2.05, 4.69) is 5.32 Å². The highest BCUT2D eigenvalue weighted by Gasteiger charge is 2.13. The Morgan fingerprint density at radius 1 is 0.969 bits per heavy atom. The van der Waals surface area contributed by atoms with E-state index in [0.29, 0.717) is 41.7 Å². The normalized spacial score (nSPS) is 10.6. The molecule has 0 spiro atoms. The van der Waals surface area contributed by atoms with Crippen molar-refractivity contribution in [3.63, 3.8) is 0 Å². The van der Waals surface area contributed by atoms with Crippen molar-refractivity contribution in [2.24, 2.45) is 0 Å². The second-order valence-electron chi connectivity index (χ2n) is 6.32. The average molecular weight is 438 g/mol. The first kappa shape index (κ1) is 24.3. The highest BCUT2D eigenvalue weighted by Crippen LogP contribution is 2.29. The van der Waals surface area contributed by atoms with Gasteiger partial charge in [0.25, 0.3) is 5.91 Å². The van der Waals surface area contributed by atoms with Gasteiger partial charge >= 0.3 is 5.97 Å². The van der Waals surface area contributed by atoms with Gasteiger partial charge in [0.1, 0.15) is 17.4 Å². The molecule has 0 atom stereocenters. The number of ether oxygens (including phenoxy) is 4. The molecule has 0 aliphatic heterocycles. The van der Waals surface area contributed by atoms with E-state index in [1.807, 2.05) is 19.9 Å². The Balaban J connectivity index is 2.19. The van der Waals surface area contributed by atoms with Crippen LogP contribution in [0.3, 0.4) is 0 Å². The SMILES string of the molecule is CCOC(=O)COc1ccc(/C=C(/C#N)C(=O)Nc2cccc(OCC)c2)cc1OCC. The molecule has 0 bridgehead atoms. The van der Waals surface area contributed by atoms with Crippen LogP contribution >= 0.6 is 0 Å². The number of rotatable bonds is 11. The molecule has 168 valence electrons. The van der Waals surface area contributed by atoms with Gasteiger partial charge < -0.3 is 24.3 Å². The van der Waals surface area contributed by atoms with Gasteiger partial charge in [-0.15, -0.1) is 0 Å². The number of amides is 1. The number of nitrogens with zero attached hydrogens (tertiary/aromatic N) is 1. The lowest BCUT2D eigenvalue weighted by atomic mass is 10.1. The van der Waals surface area contributed by atoms with Gasteiger partial charge in [-0.05, 0) is 56.7 Å². The van der Waals surface area contributed by atoms with Crippen molar-refractivity contribution in [2.45, 2.75) is 20.8 Å². The van der Waals surface area contributed by atoms with Crippen LogP contribution in [0.2, 0.25) is 0 Å². The monoisotopic (exact) mass is 438 g/mol. The summed E-state index contributed by atoms with van der Waals surface area (Å²) in [7, 11) is 0. The van der Waals surface area contributed by atoms with E-state index >= 15 is 0 Å². The molecule has 0 saturated carbocycles. The molecular weight excluding hydrogens is 412 g/mol. The third kappa shape index (κ3) is 7.36. The van der Waals surface area contributed by atoms with Crippen molar-refractivity contribution >= 4 is 23.6 Å². The number of hydrogen-bond acceptors (Lipinski definition) is 7. The van der Waals surface area contributed by atoms with Gasteiger partial charge in [0.15, 0.2) is 18.1 Å². The molecule has 1 amide bonds. The van der Waals surface area contributed by atoms with E-state index in [4.69, 9.17) is 18.9 Å². The highest BCUT2D eigenvalue weighted by atomic mass is 16.6. The summed E-state index contributed by atoms with van der Waals surface area (Å²) in [5, 5.41) is 12.2. The van der Waals surface area contributed by atoms with Crippen LogP contribution in [0.5, 0.6) is 17.2 Å². The van der Waals surface area contributed by atoms with Crippen molar-refractivity contribution in [3.05, 3.63) is 53.6 Å². The standard InChI is InChI=1S/C24H26N2O6/c1-4-29-20-9-7-8-19(14-20)26-24(28)18(15-25)12-17-10-11-21(22(13-17)30-5-2)32-16-23(27)31-6-3/h7-14H,4-6,16H2,1-3H3,(H,26,28)/b18-12-. The zero-order valence-electron chi connectivity index (χ0n) is 18.3. The third-order valence-corrected chi connectivity index (χ3v) is 4.00. The van der Waals surface area contributed by atoms with Crippen molar-refractivity contribution in [1.29, 1.82) is 5.26 Å². The molecule has 0 unspecified atom stereocenters. The predicted octanol–water partition coefficient (Wildman–Crippen LogP) is 3.97. The minimum absolute atomic E-state index is 0.0885. The lowest BCUT2D eigenvalue weighted by molar-refractivity contribution is -0.145. The molecule has 8 heteroatoms. The van der Waals surface area contributed by atoms with Crippen LogP contribution in [0.4, 0.5) is 5.69 Å². The third-order valence-electron chi connectivity index (χ3n) is 4.00. The number of benzene rings is 2. The smallest absolute Gasteiger partial charge is 0.344 e. The Kier molecular flexibility index (Phi) is 9.60. The molecule has 0 saturated heterocycles. The fourth-order valence-corrected chi connectivity index (χ4v) is 2.69. The quantitative estimate of drug-likeness (QED) is 0.321. The van der Waals surface area contributed by atoms with Crippen molar-refractivity contribution in [2.75, 3.05) is 31.7 Å². The number of carbonyl (C=O) groups is 2. The summed E-state index contributed by atoms with van der Waals surface area (Å²) in [5.74, 6) is 0.311. The first-order chi connectivity index (χ1) is 15.5. The maximum atomic E-state index is 12.6. The highest BCUT2D eigenvalue weighted by molar-refractivity contribution is 6.09. The lowest BCUT2D eigenvalue weighted by Gasteiger charge is -2.12.